The van der Waals surface area contributed by atoms with Gasteiger partial charge in [-0.3, -0.25) is 0 Å². The number of pyridine rings is 1. The summed E-state index contributed by atoms with van der Waals surface area (Å²) in [5.41, 5.74) is 0.891. The zero-order valence-electron chi connectivity index (χ0n) is 10.7. The van der Waals surface area contributed by atoms with Crippen LogP contribution in [0.2, 0.25) is 5.02 Å². The van der Waals surface area contributed by atoms with Gasteiger partial charge in [0.2, 0.25) is 5.88 Å². The summed E-state index contributed by atoms with van der Waals surface area (Å²) in [6.07, 6.45) is 1.25. The van der Waals surface area contributed by atoms with Crippen molar-refractivity contribution in [3.8, 4) is 11.6 Å². The lowest BCUT2D eigenvalue weighted by atomic mass is 10.2. The molecule has 0 aliphatic heterocycles. The van der Waals surface area contributed by atoms with Gasteiger partial charge in [-0.25, -0.2) is 9.78 Å². The van der Waals surface area contributed by atoms with E-state index in [-0.39, 0.29) is 16.5 Å². The highest BCUT2D eigenvalue weighted by Gasteiger charge is 2.11. The molecule has 1 aromatic heterocycles. The molecule has 0 aliphatic rings. The zero-order valence-corrected chi connectivity index (χ0v) is 11.4. The second kappa shape index (κ2) is 6.36. The highest BCUT2D eigenvalue weighted by molar-refractivity contribution is 6.33. The summed E-state index contributed by atoms with van der Waals surface area (Å²) >= 11 is 5.75. The number of methoxy groups -OCH3 is 1. The average molecular weight is 294 g/mol. The number of carbonyl (C=O) groups is 1. The number of carboxylic acids is 1. The average Bonchev–Trinajstić information content (AvgIpc) is 2.41. The number of nitrogens with zero attached hydrogens (tertiary/aromatic N) is 1. The number of rotatable bonds is 5. The molecule has 2 aromatic rings. The molecule has 0 amide bonds. The third kappa shape index (κ3) is 3.46. The molecule has 1 aromatic carbocycles. The van der Waals surface area contributed by atoms with Crippen LogP contribution in [0.15, 0.2) is 36.5 Å². The Balaban J connectivity index is 2.23. The van der Waals surface area contributed by atoms with Gasteiger partial charge in [0.15, 0.2) is 0 Å². The summed E-state index contributed by atoms with van der Waals surface area (Å²) in [5.74, 6) is -0.414. The molecular weight excluding hydrogens is 282 g/mol. The maximum absolute atomic E-state index is 11.0. The van der Waals surface area contributed by atoms with Crippen LogP contribution in [-0.2, 0) is 11.3 Å². The van der Waals surface area contributed by atoms with Crippen molar-refractivity contribution in [2.45, 2.75) is 6.61 Å². The van der Waals surface area contributed by atoms with Crippen molar-refractivity contribution >= 4 is 17.6 Å². The molecule has 0 radical (unpaired) electrons. The molecule has 0 atom stereocenters. The largest absolute Gasteiger partial charge is 0.478 e. The zero-order chi connectivity index (χ0) is 14.5. The normalized spacial score (nSPS) is 10.3. The number of carboxylic acid groups (broad SMARTS) is 1. The van der Waals surface area contributed by atoms with E-state index in [1.54, 1.807) is 19.2 Å². The van der Waals surface area contributed by atoms with Gasteiger partial charge in [0.05, 0.1) is 23.4 Å². The van der Waals surface area contributed by atoms with Gasteiger partial charge >= 0.3 is 5.97 Å². The first-order valence-corrected chi connectivity index (χ1v) is 6.12. The standard InChI is InChI=1S/C14H12ClNO4/c1-19-8-9-3-2-4-10(5-9)20-13-6-11(14(17)18)12(15)7-16-13/h2-7H,8H2,1H3,(H,17,18). The van der Waals surface area contributed by atoms with Crippen LogP contribution < -0.4 is 4.74 Å². The molecule has 1 heterocycles. The van der Waals surface area contributed by atoms with E-state index in [1.165, 1.54) is 12.3 Å². The lowest BCUT2D eigenvalue weighted by Crippen LogP contribution is -1.99. The predicted molar refractivity (Wildman–Crippen MR) is 73.4 cm³/mol. The second-order valence-corrected chi connectivity index (χ2v) is 4.40. The fourth-order valence-electron chi connectivity index (χ4n) is 1.63. The van der Waals surface area contributed by atoms with E-state index >= 15 is 0 Å². The van der Waals surface area contributed by atoms with Crippen molar-refractivity contribution in [3.05, 3.63) is 52.7 Å². The molecule has 0 aliphatic carbocycles. The minimum absolute atomic E-state index is 0.0512. The van der Waals surface area contributed by atoms with E-state index in [4.69, 9.17) is 26.2 Å². The third-order valence-corrected chi connectivity index (χ3v) is 2.79. The fourth-order valence-corrected chi connectivity index (χ4v) is 1.81. The lowest BCUT2D eigenvalue weighted by Gasteiger charge is -2.07. The quantitative estimate of drug-likeness (QED) is 0.915. The number of hydrogen-bond acceptors (Lipinski definition) is 4. The smallest absolute Gasteiger partial charge is 0.337 e. The number of aromatic carboxylic acids is 1. The topological polar surface area (TPSA) is 68.7 Å². The van der Waals surface area contributed by atoms with Gasteiger partial charge in [-0.15, -0.1) is 0 Å². The van der Waals surface area contributed by atoms with E-state index in [0.717, 1.165) is 5.56 Å². The summed E-state index contributed by atoms with van der Waals surface area (Å²) in [6, 6.07) is 8.54. The van der Waals surface area contributed by atoms with Crippen molar-refractivity contribution in [1.29, 1.82) is 0 Å². The highest BCUT2D eigenvalue weighted by Crippen LogP contribution is 2.24. The molecule has 1 N–H and O–H groups in total. The van der Waals surface area contributed by atoms with Crippen LogP contribution in [0.5, 0.6) is 11.6 Å². The summed E-state index contributed by atoms with van der Waals surface area (Å²) < 4.78 is 10.6. The van der Waals surface area contributed by atoms with E-state index in [0.29, 0.717) is 12.4 Å². The van der Waals surface area contributed by atoms with Crippen LogP contribution in [-0.4, -0.2) is 23.2 Å². The highest BCUT2D eigenvalue weighted by atomic mass is 35.5. The van der Waals surface area contributed by atoms with Crippen LogP contribution in [0.1, 0.15) is 15.9 Å². The first-order valence-electron chi connectivity index (χ1n) is 5.74. The second-order valence-electron chi connectivity index (χ2n) is 3.99. The number of benzene rings is 1. The van der Waals surface area contributed by atoms with E-state index in [2.05, 4.69) is 4.98 Å². The predicted octanol–water partition coefficient (Wildman–Crippen LogP) is 3.37. The minimum Gasteiger partial charge on any atom is -0.478 e. The van der Waals surface area contributed by atoms with Crippen LogP contribution in [0.4, 0.5) is 0 Å². The summed E-state index contributed by atoms with van der Waals surface area (Å²) in [7, 11) is 1.60. The van der Waals surface area contributed by atoms with Crippen LogP contribution in [0.3, 0.4) is 0 Å². The maximum atomic E-state index is 11.0. The Labute approximate surface area is 120 Å². The van der Waals surface area contributed by atoms with Gasteiger partial charge in [-0.2, -0.15) is 0 Å². The SMILES string of the molecule is COCc1cccc(Oc2cc(C(=O)O)c(Cl)cn2)c1. The number of aromatic nitrogens is 1. The lowest BCUT2D eigenvalue weighted by molar-refractivity contribution is 0.0696. The Bertz CT molecular complexity index is 630. The number of hydrogen-bond donors (Lipinski definition) is 1. The molecule has 0 fully saturated rings. The molecular formula is C14H12ClNO4. The van der Waals surface area contributed by atoms with Crippen molar-refractivity contribution in [2.75, 3.05) is 7.11 Å². The summed E-state index contributed by atoms with van der Waals surface area (Å²) in [4.78, 5) is 14.9. The van der Waals surface area contributed by atoms with E-state index in [9.17, 15) is 4.79 Å². The number of halogens is 1. The maximum Gasteiger partial charge on any atom is 0.337 e. The van der Waals surface area contributed by atoms with Gasteiger partial charge in [0.25, 0.3) is 0 Å². The van der Waals surface area contributed by atoms with Crippen molar-refractivity contribution in [2.24, 2.45) is 0 Å². The molecule has 0 spiro atoms. The van der Waals surface area contributed by atoms with Gasteiger partial charge in [0.1, 0.15) is 5.75 Å². The van der Waals surface area contributed by atoms with E-state index in [1.807, 2.05) is 12.1 Å². The Hall–Kier alpha value is -2.11. The van der Waals surface area contributed by atoms with Crippen LogP contribution in [0, 0.1) is 0 Å². The van der Waals surface area contributed by atoms with E-state index < -0.39 is 5.97 Å². The molecule has 2 rings (SSSR count). The molecule has 0 saturated heterocycles. The molecule has 0 saturated carbocycles. The summed E-state index contributed by atoms with van der Waals surface area (Å²) in [6.45, 7) is 0.464. The third-order valence-electron chi connectivity index (χ3n) is 2.49. The molecule has 0 bridgehead atoms. The van der Waals surface area contributed by atoms with Crippen LogP contribution in [0.25, 0.3) is 0 Å². The molecule has 20 heavy (non-hydrogen) atoms. The van der Waals surface area contributed by atoms with Gasteiger partial charge in [-0.05, 0) is 17.7 Å². The molecule has 5 nitrogen and oxygen atoms in total. The Morgan fingerprint density at radius 2 is 2.20 bits per heavy atom. The van der Waals surface area contributed by atoms with Gasteiger partial charge < -0.3 is 14.6 Å². The first kappa shape index (κ1) is 14.3. The van der Waals surface area contributed by atoms with Crippen molar-refractivity contribution < 1.29 is 19.4 Å². The van der Waals surface area contributed by atoms with Gasteiger partial charge in [-0.1, -0.05) is 23.7 Å². The van der Waals surface area contributed by atoms with Gasteiger partial charge in [0, 0.05) is 13.2 Å². The Kier molecular flexibility index (Phi) is 4.55. The minimum atomic E-state index is -1.13. The Morgan fingerprint density at radius 3 is 2.90 bits per heavy atom. The molecule has 0 unspecified atom stereocenters. The monoisotopic (exact) mass is 293 g/mol. The molecule has 104 valence electrons. The number of ether oxygens (including phenoxy) is 2. The Morgan fingerprint density at radius 1 is 1.40 bits per heavy atom. The fraction of sp³-hybridized carbons (Fsp3) is 0.143. The molecule has 6 heteroatoms. The van der Waals surface area contributed by atoms with Crippen LogP contribution >= 0.6 is 11.6 Å². The first-order chi connectivity index (χ1) is 9.60. The van der Waals surface area contributed by atoms with Crippen molar-refractivity contribution in [3.63, 3.8) is 0 Å². The van der Waals surface area contributed by atoms with Crippen molar-refractivity contribution in [1.82, 2.24) is 4.98 Å². The summed E-state index contributed by atoms with van der Waals surface area (Å²) in [5, 5.41) is 9.05.